The number of nitrogens with two attached hydrogens (primary N) is 1. The Hall–Kier alpha value is -0.380. The summed E-state index contributed by atoms with van der Waals surface area (Å²) in [6, 6.07) is 2.28. The van der Waals surface area contributed by atoms with Gasteiger partial charge in [0.1, 0.15) is 0 Å². The van der Waals surface area contributed by atoms with E-state index in [-0.39, 0.29) is 0 Å². The van der Waals surface area contributed by atoms with Gasteiger partial charge in [-0.05, 0) is 42.3 Å². The van der Waals surface area contributed by atoms with Crippen molar-refractivity contribution >= 4 is 11.3 Å². The van der Waals surface area contributed by atoms with Crippen molar-refractivity contribution < 1.29 is 0 Å². The number of hydrogen-bond acceptors (Lipinski definition) is 3. The zero-order chi connectivity index (χ0) is 10.7. The molecule has 84 valence electrons. The molecule has 2 rings (SSSR count). The van der Waals surface area contributed by atoms with Gasteiger partial charge in [-0.15, -0.1) is 11.3 Å². The highest BCUT2D eigenvalue weighted by atomic mass is 32.1. The second-order valence-electron chi connectivity index (χ2n) is 4.54. The molecular formula is C12H20N2S. The first kappa shape index (κ1) is 11.1. The van der Waals surface area contributed by atoms with Gasteiger partial charge in [-0.25, -0.2) is 0 Å². The van der Waals surface area contributed by atoms with E-state index in [4.69, 9.17) is 5.73 Å². The minimum Gasteiger partial charge on any atom is -0.330 e. The van der Waals surface area contributed by atoms with Crippen molar-refractivity contribution in [3.63, 3.8) is 0 Å². The summed E-state index contributed by atoms with van der Waals surface area (Å²) >= 11 is 1.91. The van der Waals surface area contributed by atoms with Crippen molar-refractivity contribution in [1.82, 2.24) is 4.90 Å². The van der Waals surface area contributed by atoms with Crippen LogP contribution in [0, 0.1) is 5.92 Å². The Morgan fingerprint density at radius 3 is 3.27 bits per heavy atom. The minimum absolute atomic E-state index is 0.732. The highest BCUT2D eigenvalue weighted by Crippen LogP contribution is 2.24. The molecule has 0 bridgehead atoms. The molecule has 2 nitrogen and oxygen atoms in total. The van der Waals surface area contributed by atoms with Crippen LogP contribution in [0.1, 0.15) is 23.8 Å². The Morgan fingerprint density at radius 2 is 2.47 bits per heavy atom. The third-order valence-electron chi connectivity index (χ3n) is 3.12. The van der Waals surface area contributed by atoms with Gasteiger partial charge < -0.3 is 5.73 Å². The molecule has 2 heterocycles. The highest BCUT2D eigenvalue weighted by molar-refractivity contribution is 7.10. The molecule has 1 unspecified atom stereocenters. The molecule has 0 saturated heterocycles. The predicted octanol–water partition coefficient (Wildman–Crippen LogP) is 2.09. The normalized spacial score (nSPS) is 18.8. The topological polar surface area (TPSA) is 29.3 Å². The summed E-state index contributed by atoms with van der Waals surface area (Å²) < 4.78 is 0. The molecule has 0 aromatic carbocycles. The number of nitrogens with zero attached hydrogens (tertiary/aromatic N) is 1. The van der Waals surface area contributed by atoms with E-state index in [0.29, 0.717) is 0 Å². The van der Waals surface area contributed by atoms with Crippen molar-refractivity contribution in [3.8, 4) is 0 Å². The summed E-state index contributed by atoms with van der Waals surface area (Å²) in [4.78, 5) is 4.16. The van der Waals surface area contributed by atoms with Crippen molar-refractivity contribution in [1.29, 1.82) is 0 Å². The predicted molar refractivity (Wildman–Crippen MR) is 66.1 cm³/mol. The Kier molecular flexibility index (Phi) is 3.78. The van der Waals surface area contributed by atoms with E-state index in [2.05, 4.69) is 23.3 Å². The van der Waals surface area contributed by atoms with Crippen LogP contribution in [0.15, 0.2) is 11.4 Å². The van der Waals surface area contributed by atoms with E-state index in [9.17, 15) is 0 Å². The maximum Gasteiger partial charge on any atom is 0.0245 e. The van der Waals surface area contributed by atoms with Gasteiger partial charge in [0.15, 0.2) is 0 Å². The largest absolute Gasteiger partial charge is 0.330 e. The van der Waals surface area contributed by atoms with Gasteiger partial charge in [-0.3, -0.25) is 4.90 Å². The second-order valence-corrected chi connectivity index (χ2v) is 5.54. The molecule has 15 heavy (non-hydrogen) atoms. The van der Waals surface area contributed by atoms with Crippen LogP contribution in [0.2, 0.25) is 0 Å². The molecule has 0 spiro atoms. The summed E-state index contributed by atoms with van der Waals surface area (Å²) in [7, 11) is 0. The van der Waals surface area contributed by atoms with Crippen LogP contribution in [0.5, 0.6) is 0 Å². The van der Waals surface area contributed by atoms with Crippen molar-refractivity contribution in [2.24, 2.45) is 11.7 Å². The van der Waals surface area contributed by atoms with Crippen LogP contribution < -0.4 is 5.73 Å². The fourth-order valence-electron chi connectivity index (χ4n) is 2.28. The lowest BCUT2D eigenvalue weighted by Gasteiger charge is -2.29. The molecule has 1 aliphatic rings. The fourth-order valence-corrected chi connectivity index (χ4v) is 3.17. The van der Waals surface area contributed by atoms with Crippen molar-refractivity contribution in [2.75, 3.05) is 19.6 Å². The summed E-state index contributed by atoms with van der Waals surface area (Å²) in [5.74, 6) is 0.732. The van der Waals surface area contributed by atoms with Gasteiger partial charge in [-0.2, -0.15) is 0 Å². The van der Waals surface area contributed by atoms with E-state index in [1.807, 2.05) is 11.3 Å². The standard InChI is InChI=1S/C12H20N2S/c1-10(2-5-13)8-14-6-3-12-11(9-14)4-7-15-12/h4,7,10H,2-3,5-6,8-9,13H2,1H3. The summed E-state index contributed by atoms with van der Waals surface area (Å²) in [6.45, 7) is 6.69. The van der Waals surface area contributed by atoms with E-state index in [1.165, 1.54) is 19.5 Å². The molecule has 1 atom stereocenters. The van der Waals surface area contributed by atoms with Crippen LogP contribution in [-0.2, 0) is 13.0 Å². The van der Waals surface area contributed by atoms with Gasteiger partial charge in [0.05, 0.1) is 0 Å². The lowest BCUT2D eigenvalue weighted by Crippen LogP contribution is -2.33. The summed E-state index contributed by atoms with van der Waals surface area (Å²) in [6.07, 6.45) is 2.38. The molecule has 1 aliphatic heterocycles. The molecule has 0 saturated carbocycles. The molecule has 1 aromatic heterocycles. The van der Waals surface area contributed by atoms with Gasteiger partial charge in [-0.1, -0.05) is 6.92 Å². The van der Waals surface area contributed by atoms with Crippen molar-refractivity contribution in [2.45, 2.75) is 26.3 Å². The first-order chi connectivity index (χ1) is 7.29. The highest BCUT2D eigenvalue weighted by Gasteiger charge is 2.18. The smallest absolute Gasteiger partial charge is 0.0245 e. The van der Waals surface area contributed by atoms with E-state index < -0.39 is 0 Å². The van der Waals surface area contributed by atoms with Gasteiger partial charge in [0.2, 0.25) is 0 Å². The van der Waals surface area contributed by atoms with Crippen LogP contribution in [0.4, 0.5) is 0 Å². The van der Waals surface area contributed by atoms with Crippen LogP contribution in [-0.4, -0.2) is 24.5 Å². The Morgan fingerprint density at radius 1 is 1.60 bits per heavy atom. The Labute approximate surface area is 96.1 Å². The molecule has 0 radical (unpaired) electrons. The number of fused-ring (bicyclic) bond motifs is 1. The SMILES string of the molecule is CC(CCN)CN1CCc2sccc2C1. The quantitative estimate of drug-likeness (QED) is 0.848. The third kappa shape index (κ3) is 2.80. The Balaban J connectivity index is 1.87. The summed E-state index contributed by atoms with van der Waals surface area (Å²) in [5.41, 5.74) is 7.13. The van der Waals surface area contributed by atoms with Crippen molar-refractivity contribution in [3.05, 3.63) is 21.9 Å². The minimum atomic E-state index is 0.732. The number of rotatable bonds is 4. The van der Waals surface area contributed by atoms with Crippen LogP contribution in [0.3, 0.4) is 0 Å². The van der Waals surface area contributed by atoms with Gasteiger partial charge in [0.25, 0.3) is 0 Å². The maximum atomic E-state index is 5.58. The molecule has 3 heteroatoms. The maximum absolute atomic E-state index is 5.58. The van der Waals surface area contributed by atoms with E-state index >= 15 is 0 Å². The number of thiophene rings is 1. The van der Waals surface area contributed by atoms with Gasteiger partial charge in [0, 0.05) is 24.5 Å². The lowest BCUT2D eigenvalue weighted by atomic mass is 10.0. The molecule has 0 aliphatic carbocycles. The zero-order valence-electron chi connectivity index (χ0n) is 9.41. The van der Waals surface area contributed by atoms with Crippen LogP contribution in [0.25, 0.3) is 0 Å². The van der Waals surface area contributed by atoms with E-state index in [0.717, 1.165) is 25.4 Å². The van der Waals surface area contributed by atoms with E-state index in [1.54, 1.807) is 10.4 Å². The average molecular weight is 224 g/mol. The lowest BCUT2D eigenvalue weighted by molar-refractivity contribution is 0.218. The second kappa shape index (κ2) is 5.10. The molecular weight excluding hydrogens is 204 g/mol. The molecule has 2 N–H and O–H groups in total. The third-order valence-corrected chi connectivity index (χ3v) is 4.14. The van der Waals surface area contributed by atoms with Gasteiger partial charge >= 0.3 is 0 Å². The molecule has 0 fully saturated rings. The number of hydrogen-bond donors (Lipinski definition) is 1. The summed E-state index contributed by atoms with van der Waals surface area (Å²) in [5, 5.41) is 2.22. The molecule has 0 amide bonds. The van der Waals surface area contributed by atoms with Crippen LogP contribution >= 0.6 is 11.3 Å². The Bertz CT molecular complexity index is 308. The average Bonchev–Trinajstić information content (AvgIpc) is 2.65. The molecule has 1 aromatic rings. The monoisotopic (exact) mass is 224 g/mol. The zero-order valence-corrected chi connectivity index (χ0v) is 10.2. The fraction of sp³-hybridized carbons (Fsp3) is 0.667. The first-order valence-electron chi connectivity index (χ1n) is 5.77. The first-order valence-corrected chi connectivity index (χ1v) is 6.65.